The minimum atomic E-state index is -3.85. The molecule has 2 aliphatic carbocycles. The molecule has 6 nitrogen and oxygen atoms in total. The fourth-order valence-electron chi connectivity index (χ4n) is 5.63. The van der Waals surface area contributed by atoms with Crippen LogP contribution in [0.2, 0.25) is 0 Å². The van der Waals surface area contributed by atoms with E-state index in [4.69, 9.17) is 0 Å². The smallest absolute Gasteiger partial charge is 0.241 e. The van der Waals surface area contributed by atoms with Crippen molar-refractivity contribution in [3.8, 4) is 0 Å². The first-order chi connectivity index (χ1) is 19.3. The summed E-state index contributed by atoms with van der Waals surface area (Å²) in [5.41, 5.74) is 5.46. The summed E-state index contributed by atoms with van der Waals surface area (Å²) in [6.07, 6.45) is 2.12. The molecule has 8 heteroatoms. The Bertz CT molecular complexity index is 1660. The molecule has 1 amide bonds. The Kier molecular flexibility index (Phi) is 6.98. The normalized spacial score (nSPS) is 19.7. The van der Waals surface area contributed by atoms with Gasteiger partial charge in [-0.1, -0.05) is 42.5 Å². The van der Waals surface area contributed by atoms with E-state index in [9.17, 15) is 17.6 Å². The number of rotatable bonds is 8. The number of benzene rings is 3. The van der Waals surface area contributed by atoms with Crippen molar-refractivity contribution >= 4 is 21.6 Å². The number of carbonyl (C=O) groups excluding carboxylic acids is 1. The number of aromatic nitrogens is 1. The van der Waals surface area contributed by atoms with E-state index in [1.165, 1.54) is 17.7 Å². The lowest BCUT2D eigenvalue weighted by molar-refractivity contribution is -0.120. The predicted octanol–water partition coefficient (Wildman–Crippen LogP) is 5.83. The average molecular weight is 556 g/mol. The minimum Gasteiger partial charge on any atom is -0.306 e. The Balaban J connectivity index is 1.30. The quantitative estimate of drug-likeness (QED) is 0.297. The highest BCUT2D eigenvalue weighted by atomic mass is 32.2. The van der Waals surface area contributed by atoms with Crippen molar-refractivity contribution < 1.29 is 17.6 Å². The largest absolute Gasteiger partial charge is 0.306 e. The van der Waals surface area contributed by atoms with Crippen molar-refractivity contribution in [2.45, 2.75) is 49.6 Å². The number of hydrogen-bond donors (Lipinski definition) is 1. The van der Waals surface area contributed by atoms with Crippen molar-refractivity contribution in [3.05, 3.63) is 125 Å². The van der Waals surface area contributed by atoms with E-state index < -0.39 is 21.9 Å². The molecule has 1 fully saturated rings. The fraction of sp³-hybridized carbons (Fsp3) is 0.250. The van der Waals surface area contributed by atoms with Crippen molar-refractivity contribution in [1.29, 1.82) is 0 Å². The number of amides is 1. The van der Waals surface area contributed by atoms with E-state index in [0.29, 0.717) is 13.0 Å². The molecule has 1 aromatic heterocycles. The number of nitrogens with zero attached hydrogens (tertiary/aromatic N) is 2. The van der Waals surface area contributed by atoms with Crippen LogP contribution in [0.1, 0.15) is 52.9 Å². The van der Waals surface area contributed by atoms with Gasteiger partial charge in [-0.3, -0.25) is 9.78 Å². The molecule has 40 heavy (non-hydrogen) atoms. The van der Waals surface area contributed by atoms with Crippen LogP contribution in [-0.2, 0) is 27.8 Å². The van der Waals surface area contributed by atoms with E-state index >= 15 is 0 Å². The number of nitrogens with one attached hydrogen (secondary N) is 1. The van der Waals surface area contributed by atoms with Gasteiger partial charge in [-0.05, 0) is 97.3 Å². The molecular weight excluding hydrogens is 525 g/mol. The summed E-state index contributed by atoms with van der Waals surface area (Å²) in [6.45, 7) is 2.25. The molecule has 3 atom stereocenters. The van der Waals surface area contributed by atoms with Gasteiger partial charge in [-0.15, -0.1) is 0 Å². The van der Waals surface area contributed by atoms with Gasteiger partial charge < -0.3 is 4.90 Å². The first-order valence-corrected chi connectivity index (χ1v) is 15.0. The third-order valence-electron chi connectivity index (χ3n) is 7.81. The first kappa shape index (κ1) is 26.3. The van der Waals surface area contributed by atoms with E-state index in [2.05, 4.69) is 21.8 Å². The molecular formula is C32H30FN3O3S. The van der Waals surface area contributed by atoms with Gasteiger partial charge in [0.25, 0.3) is 0 Å². The van der Waals surface area contributed by atoms with Gasteiger partial charge in [0.05, 0.1) is 17.1 Å². The van der Waals surface area contributed by atoms with Gasteiger partial charge in [0.1, 0.15) is 5.82 Å². The molecule has 0 bridgehead atoms. The summed E-state index contributed by atoms with van der Waals surface area (Å²) in [6, 6.07) is 26.1. The molecule has 1 heterocycles. The Morgan fingerprint density at radius 1 is 1.00 bits per heavy atom. The number of sulfonamides is 1. The van der Waals surface area contributed by atoms with E-state index in [0.717, 1.165) is 53.2 Å². The van der Waals surface area contributed by atoms with Crippen molar-refractivity contribution in [2.24, 2.45) is 5.92 Å². The van der Waals surface area contributed by atoms with Crippen LogP contribution in [0.5, 0.6) is 0 Å². The van der Waals surface area contributed by atoms with Crippen molar-refractivity contribution in [2.75, 3.05) is 4.90 Å². The van der Waals surface area contributed by atoms with E-state index in [1.807, 2.05) is 61.5 Å². The zero-order valence-electron chi connectivity index (χ0n) is 22.1. The van der Waals surface area contributed by atoms with Gasteiger partial charge in [-0.2, -0.15) is 0 Å². The molecule has 0 saturated heterocycles. The van der Waals surface area contributed by atoms with Crippen LogP contribution in [0.4, 0.5) is 10.1 Å². The second kappa shape index (κ2) is 10.6. The zero-order chi connectivity index (χ0) is 27.9. The molecule has 1 N–H and O–H groups in total. The molecule has 3 aromatic carbocycles. The second-order valence-electron chi connectivity index (χ2n) is 10.6. The lowest BCUT2D eigenvalue weighted by Gasteiger charge is -2.25. The van der Waals surface area contributed by atoms with Crippen LogP contribution < -0.4 is 9.62 Å². The molecule has 204 valence electrons. The van der Waals surface area contributed by atoms with E-state index in [1.54, 1.807) is 4.90 Å². The Morgan fingerprint density at radius 3 is 2.52 bits per heavy atom. The van der Waals surface area contributed by atoms with Crippen LogP contribution in [0, 0.1) is 18.7 Å². The van der Waals surface area contributed by atoms with Crippen molar-refractivity contribution in [3.63, 3.8) is 0 Å². The number of carbonyl (C=O) groups is 1. The maximum atomic E-state index is 14.0. The number of pyridine rings is 1. The molecule has 0 unspecified atom stereocenters. The Morgan fingerprint density at radius 2 is 1.77 bits per heavy atom. The number of halogens is 1. The second-order valence-corrected chi connectivity index (χ2v) is 12.3. The summed E-state index contributed by atoms with van der Waals surface area (Å²) in [5.74, 6) is -0.383. The number of aryl methyl sites for hydroxylation is 2. The van der Waals surface area contributed by atoms with E-state index in [-0.39, 0.29) is 22.6 Å². The molecule has 2 aliphatic rings. The van der Waals surface area contributed by atoms with Crippen LogP contribution in [0.25, 0.3) is 0 Å². The van der Waals surface area contributed by atoms with Gasteiger partial charge >= 0.3 is 0 Å². The maximum Gasteiger partial charge on any atom is 0.241 e. The number of anilines is 1. The molecule has 4 aromatic rings. The Hall–Kier alpha value is -3.88. The topological polar surface area (TPSA) is 79.4 Å². The lowest BCUT2D eigenvalue weighted by atomic mass is 10.1. The fourth-order valence-corrected chi connectivity index (χ4v) is 6.88. The highest BCUT2D eigenvalue weighted by Gasteiger charge is 2.46. The Labute approximate surface area is 233 Å². The molecule has 6 rings (SSSR count). The van der Waals surface area contributed by atoms with Gasteiger partial charge in [0.15, 0.2) is 0 Å². The van der Waals surface area contributed by atoms with Crippen LogP contribution in [0.3, 0.4) is 0 Å². The van der Waals surface area contributed by atoms with Crippen LogP contribution >= 0.6 is 0 Å². The zero-order valence-corrected chi connectivity index (χ0v) is 22.9. The van der Waals surface area contributed by atoms with Crippen LogP contribution in [-0.4, -0.2) is 19.3 Å². The average Bonchev–Trinajstić information content (AvgIpc) is 3.67. The summed E-state index contributed by atoms with van der Waals surface area (Å²) in [4.78, 5) is 20.4. The summed E-state index contributed by atoms with van der Waals surface area (Å²) < 4.78 is 42.3. The van der Waals surface area contributed by atoms with Gasteiger partial charge in [0.2, 0.25) is 15.9 Å². The maximum absolute atomic E-state index is 14.0. The molecule has 0 spiro atoms. The number of fused-ring (bicyclic) bond motifs is 1. The minimum absolute atomic E-state index is 0.0153. The molecule has 1 saturated carbocycles. The van der Waals surface area contributed by atoms with Gasteiger partial charge in [-0.25, -0.2) is 17.5 Å². The summed E-state index contributed by atoms with van der Waals surface area (Å²) in [5, 5.41) is 0. The first-order valence-electron chi connectivity index (χ1n) is 13.5. The third-order valence-corrected chi connectivity index (χ3v) is 9.30. The third kappa shape index (κ3) is 5.42. The van der Waals surface area contributed by atoms with Gasteiger partial charge in [0, 0.05) is 23.3 Å². The highest BCUT2D eigenvalue weighted by molar-refractivity contribution is 7.89. The van der Waals surface area contributed by atoms with Crippen molar-refractivity contribution in [1.82, 2.24) is 9.71 Å². The predicted molar refractivity (Wildman–Crippen MR) is 152 cm³/mol. The summed E-state index contributed by atoms with van der Waals surface area (Å²) in [7, 11) is -3.85. The SMILES string of the molecule is Cc1cccc(CN(C(=O)[C@H]2C[C@H]2c2ccccc2)c2ccc3c(c2)[C@H](NS(=O)(=O)c2ccc(F)cc2)CC3)n1. The van der Waals surface area contributed by atoms with Crippen LogP contribution in [0.15, 0.2) is 95.9 Å². The highest BCUT2D eigenvalue weighted by Crippen LogP contribution is 2.49. The standard InChI is InChI=1S/C32H30FN3O3S/c1-21-6-5-9-25(34-21)20-36(32(37)30-19-28(30)22-7-3-2-4-8-22)26-14-10-23-11-17-31(29(23)18-26)35-40(38,39)27-15-12-24(33)13-16-27/h2-10,12-16,18,28,30-31,35H,11,17,19-20H2,1H3/t28-,30-,31+/m0/s1. The number of hydrogen-bond acceptors (Lipinski definition) is 4. The summed E-state index contributed by atoms with van der Waals surface area (Å²) >= 11 is 0. The monoisotopic (exact) mass is 555 g/mol. The lowest BCUT2D eigenvalue weighted by Crippen LogP contribution is -2.33. The molecule has 0 radical (unpaired) electrons. The molecule has 0 aliphatic heterocycles.